The molecule has 3 atom stereocenters. The Hall–Kier alpha value is -0.120. The molecule has 0 saturated carbocycles. The quantitative estimate of drug-likeness (QED) is 0.638. The molecule has 0 rings (SSSR count). The minimum atomic E-state index is 0.230. The Morgan fingerprint density at radius 1 is 1.19 bits per heavy atom. The van der Waals surface area contributed by atoms with Crippen molar-refractivity contribution >= 4 is 0 Å². The summed E-state index contributed by atoms with van der Waals surface area (Å²) in [5.41, 5.74) is 0. The van der Waals surface area contributed by atoms with Gasteiger partial charge >= 0.3 is 0 Å². The zero-order chi connectivity index (χ0) is 12.6. The van der Waals surface area contributed by atoms with Crippen LogP contribution in [-0.2, 0) is 4.74 Å². The van der Waals surface area contributed by atoms with E-state index in [9.17, 15) is 0 Å². The number of ether oxygens (including phenoxy) is 1. The molecule has 0 aliphatic rings. The number of hydrogen-bond donors (Lipinski definition) is 2. The molecule has 0 amide bonds. The van der Waals surface area contributed by atoms with E-state index in [0.717, 1.165) is 13.0 Å². The van der Waals surface area contributed by atoms with Crippen LogP contribution in [0.15, 0.2) is 0 Å². The summed E-state index contributed by atoms with van der Waals surface area (Å²) in [6.45, 7) is 9.92. The van der Waals surface area contributed by atoms with Gasteiger partial charge in [-0.1, -0.05) is 13.8 Å². The average molecular weight is 231 g/mol. The van der Waals surface area contributed by atoms with Gasteiger partial charge in [-0.25, -0.2) is 0 Å². The van der Waals surface area contributed by atoms with Crippen molar-refractivity contribution < 1.29 is 9.84 Å². The van der Waals surface area contributed by atoms with Crippen molar-refractivity contribution in [2.75, 3.05) is 20.3 Å². The molecule has 98 valence electrons. The molecule has 0 spiro atoms. The lowest BCUT2D eigenvalue weighted by Gasteiger charge is -2.24. The molecule has 0 saturated heterocycles. The monoisotopic (exact) mass is 231 g/mol. The molecule has 0 bridgehead atoms. The van der Waals surface area contributed by atoms with Gasteiger partial charge in [0, 0.05) is 19.8 Å². The van der Waals surface area contributed by atoms with Crippen LogP contribution in [-0.4, -0.2) is 37.5 Å². The fraction of sp³-hybridized carbons (Fsp3) is 1.00. The molecule has 0 aliphatic carbocycles. The molecule has 16 heavy (non-hydrogen) atoms. The van der Waals surface area contributed by atoms with Crippen molar-refractivity contribution in [3.8, 4) is 0 Å². The predicted octanol–water partition coefficient (Wildman–Crippen LogP) is 2.04. The Bertz CT molecular complexity index is 162. The second-order valence-corrected chi connectivity index (χ2v) is 5.15. The third kappa shape index (κ3) is 7.20. The molecule has 3 heteroatoms. The molecule has 0 heterocycles. The number of nitrogens with one attached hydrogen (secondary N) is 1. The van der Waals surface area contributed by atoms with E-state index in [0.29, 0.717) is 17.9 Å². The number of methoxy groups -OCH3 is 1. The van der Waals surface area contributed by atoms with Crippen molar-refractivity contribution in [2.45, 2.75) is 52.7 Å². The van der Waals surface area contributed by atoms with Crippen LogP contribution in [0.5, 0.6) is 0 Å². The summed E-state index contributed by atoms with van der Waals surface area (Å²) < 4.78 is 5.27. The van der Waals surface area contributed by atoms with Crippen LogP contribution in [0.25, 0.3) is 0 Å². The molecule has 3 unspecified atom stereocenters. The van der Waals surface area contributed by atoms with Crippen molar-refractivity contribution in [3.63, 3.8) is 0 Å². The van der Waals surface area contributed by atoms with Gasteiger partial charge in [-0.2, -0.15) is 0 Å². The maximum atomic E-state index is 9.02. The van der Waals surface area contributed by atoms with Gasteiger partial charge in [0.25, 0.3) is 0 Å². The molecular weight excluding hydrogens is 202 g/mol. The van der Waals surface area contributed by atoms with Crippen LogP contribution < -0.4 is 5.32 Å². The third-order valence-electron chi connectivity index (χ3n) is 3.15. The summed E-state index contributed by atoms with van der Waals surface area (Å²) in [6.07, 6.45) is 2.29. The summed E-state index contributed by atoms with van der Waals surface area (Å²) in [7, 11) is 1.74. The van der Waals surface area contributed by atoms with Crippen LogP contribution in [0, 0.1) is 11.8 Å². The first-order chi connectivity index (χ1) is 7.51. The summed E-state index contributed by atoms with van der Waals surface area (Å²) >= 11 is 0. The summed E-state index contributed by atoms with van der Waals surface area (Å²) in [4.78, 5) is 0. The van der Waals surface area contributed by atoms with Gasteiger partial charge in [-0.15, -0.1) is 0 Å². The molecular formula is C13H29NO2. The van der Waals surface area contributed by atoms with E-state index in [1.54, 1.807) is 7.11 Å². The third-order valence-corrected chi connectivity index (χ3v) is 3.15. The van der Waals surface area contributed by atoms with Gasteiger partial charge in [0.05, 0.1) is 6.10 Å². The standard InChI is InChI=1S/C13H29NO2/c1-10(2)8-13(6-7-15)9-14-11(3)12(4)16-5/h10-15H,6-9H2,1-5H3. The van der Waals surface area contributed by atoms with Crippen LogP contribution in [0.4, 0.5) is 0 Å². The smallest absolute Gasteiger partial charge is 0.0693 e. The maximum Gasteiger partial charge on any atom is 0.0693 e. The van der Waals surface area contributed by atoms with Crippen molar-refractivity contribution in [3.05, 3.63) is 0 Å². The lowest BCUT2D eigenvalue weighted by molar-refractivity contribution is 0.0860. The average Bonchev–Trinajstić information content (AvgIpc) is 2.23. The van der Waals surface area contributed by atoms with E-state index < -0.39 is 0 Å². The van der Waals surface area contributed by atoms with Crippen molar-refractivity contribution in [1.82, 2.24) is 5.32 Å². The summed E-state index contributed by atoms with van der Waals surface area (Å²) in [5.74, 6) is 1.25. The van der Waals surface area contributed by atoms with E-state index >= 15 is 0 Å². The number of aliphatic hydroxyl groups excluding tert-OH is 1. The van der Waals surface area contributed by atoms with Gasteiger partial charge < -0.3 is 15.2 Å². The number of aliphatic hydroxyl groups is 1. The second kappa shape index (κ2) is 8.97. The van der Waals surface area contributed by atoms with Crippen LogP contribution in [0.1, 0.15) is 40.5 Å². The fourth-order valence-electron chi connectivity index (χ4n) is 1.88. The molecule has 3 nitrogen and oxygen atoms in total. The number of hydrogen-bond acceptors (Lipinski definition) is 3. The largest absolute Gasteiger partial charge is 0.396 e. The van der Waals surface area contributed by atoms with E-state index in [4.69, 9.17) is 9.84 Å². The first-order valence-electron chi connectivity index (χ1n) is 6.38. The fourth-order valence-corrected chi connectivity index (χ4v) is 1.88. The highest BCUT2D eigenvalue weighted by Gasteiger charge is 2.14. The molecule has 0 aromatic carbocycles. The molecule has 0 aromatic heterocycles. The minimum absolute atomic E-state index is 0.230. The highest BCUT2D eigenvalue weighted by atomic mass is 16.5. The minimum Gasteiger partial charge on any atom is -0.396 e. The van der Waals surface area contributed by atoms with Gasteiger partial charge in [0.15, 0.2) is 0 Å². The zero-order valence-electron chi connectivity index (χ0n) is 11.5. The first-order valence-corrected chi connectivity index (χ1v) is 6.38. The zero-order valence-corrected chi connectivity index (χ0v) is 11.5. The topological polar surface area (TPSA) is 41.5 Å². The summed E-state index contributed by atoms with van der Waals surface area (Å²) in [5, 5.41) is 12.5. The normalized spacial score (nSPS) is 17.4. The van der Waals surface area contributed by atoms with Crippen molar-refractivity contribution in [2.24, 2.45) is 11.8 Å². The lowest BCUT2D eigenvalue weighted by Crippen LogP contribution is -2.39. The highest BCUT2D eigenvalue weighted by Crippen LogP contribution is 2.14. The molecule has 2 N–H and O–H groups in total. The van der Waals surface area contributed by atoms with Gasteiger partial charge in [0.2, 0.25) is 0 Å². The SMILES string of the molecule is COC(C)C(C)NCC(CCO)CC(C)C. The number of rotatable bonds is 9. The lowest BCUT2D eigenvalue weighted by atomic mass is 9.94. The van der Waals surface area contributed by atoms with Gasteiger partial charge in [-0.05, 0) is 45.1 Å². The van der Waals surface area contributed by atoms with E-state index in [1.807, 2.05) is 0 Å². The molecule has 0 fully saturated rings. The second-order valence-electron chi connectivity index (χ2n) is 5.15. The van der Waals surface area contributed by atoms with E-state index in [1.165, 1.54) is 6.42 Å². The van der Waals surface area contributed by atoms with Crippen LogP contribution in [0.2, 0.25) is 0 Å². The first kappa shape index (κ1) is 15.9. The Morgan fingerprint density at radius 2 is 1.81 bits per heavy atom. The van der Waals surface area contributed by atoms with Crippen molar-refractivity contribution in [1.29, 1.82) is 0 Å². The Morgan fingerprint density at radius 3 is 2.25 bits per heavy atom. The Kier molecular flexibility index (Phi) is 8.90. The van der Waals surface area contributed by atoms with E-state index in [-0.39, 0.29) is 12.7 Å². The maximum absolute atomic E-state index is 9.02. The molecule has 0 aliphatic heterocycles. The van der Waals surface area contributed by atoms with Crippen LogP contribution in [0.3, 0.4) is 0 Å². The van der Waals surface area contributed by atoms with Crippen LogP contribution >= 0.6 is 0 Å². The summed E-state index contributed by atoms with van der Waals surface area (Å²) in [6, 6.07) is 0.360. The Balaban J connectivity index is 3.90. The van der Waals surface area contributed by atoms with Gasteiger partial charge in [0.1, 0.15) is 0 Å². The van der Waals surface area contributed by atoms with Gasteiger partial charge in [-0.3, -0.25) is 0 Å². The van der Waals surface area contributed by atoms with E-state index in [2.05, 4.69) is 33.0 Å². The molecule has 0 radical (unpaired) electrons. The highest BCUT2D eigenvalue weighted by molar-refractivity contribution is 4.72. The molecule has 0 aromatic rings. The predicted molar refractivity (Wildman–Crippen MR) is 68.6 cm³/mol. The Labute approximate surface area is 101 Å².